The van der Waals surface area contributed by atoms with Crippen molar-refractivity contribution in [2.24, 2.45) is 0 Å². The minimum Gasteiger partial charge on any atom is -0.454 e. The van der Waals surface area contributed by atoms with Crippen molar-refractivity contribution >= 4 is 23.2 Å². The normalized spacial score (nSPS) is 21.6. The fourth-order valence-corrected chi connectivity index (χ4v) is 5.62. The van der Waals surface area contributed by atoms with Crippen LogP contribution in [0.5, 0.6) is 5.75 Å². The number of carbonyl (C=O) groups is 3. The van der Waals surface area contributed by atoms with Crippen LogP contribution in [-0.2, 0) is 16.1 Å². The number of aryl methyl sites for hydroxylation is 3. The van der Waals surface area contributed by atoms with Gasteiger partial charge in [0, 0.05) is 22.4 Å². The lowest BCUT2D eigenvalue weighted by Crippen LogP contribution is -2.61. The number of hydrogen-bond acceptors (Lipinski definition) is 6. The van der Waals surface area contributed by atoms with Crippen LogP contribution >= 0.6 is 0 Å². The molecular formula is C29H28N2O5. The van der Waals surface area contributed by atoms with E-state index in [1.54, 1.807) is 44.2 Å². The molecule has 0 fully saturated rings. The molecule has 5 rings (SSSR count). The molecule has 2 unspecified atom stereocenters. The number of fused-ring (bicyclic) bond motifs is 5. The van der Waals surface area contributed by atoms with E-state index in [2.05, 4.69) is 5.32 Å². The zero-order chi connectivity index (χ0) is 26.2. The first-order valence-electron chi connectivity index (χ1n) is 11.9. The van der Waals surface area contributed by atoms with Gasteiger partial charge >= 0.3 is 0 Å². The fraction of sp³-hybridized carbons (Fsp3) is 0.276. The van der Waals surface area contributed by atoms with Crippen molar-refractivity contribution in [2.45, 2.75) is 51.9 Å². The number of nitrogen functional groups attached to an aromatic ring is 1. The standard InChI is InChI=1S/C29H28N2O5/c1-14(2)18-9-10-19-22(13-18)36-29(35)20-7-6-8-21(30)24(20)26(33)28(19,29)31-27(34)25(32)23-16(4)11-15(3)12-17(23)5/h6-14,35H,30H2,1-5H3,(H,31,34). The summed E-state index contributed by atoms with van der Waals surface area (Å²) < 4.78 is 6.07. The van der Waals surface area contributed by atoms with Crippen LogP contribution < -0.4 is 15.8 Å². The van der Waals surface area contributed by atoms with Crippen molar-refractivity contribution in [3.8, 4) is 5.75 Å². The van der Waals surface area contributed by atoms with Gasteiger partial charge in [-0.25, -0.2) is 0 Å². The molecule has 0 spiro atoms. The molecule has 3 aromatic carbocycles. The average molecular weight is 485 g/mol. The predicted molar refractivity (Wildman–Crippen MR) is 135 cm³/mol. The second-order valence-corrected chi connectivity index (χ2v) is 10.1. The number of ether oxygens (including phenoxy) is 1. The van der Waals surface area contributed by atoms with Gasteiger partial charge < -0.3 is 20.9 Å². The summed E-state index contributed by atoms with van der Waals surface area (Å²) in [5.74, 6) is -4.31. The lowest BCUT2D eigenvalue weighted by atomic mass is 9.81. The van der Waals surface area contributed by atoms with Crippen molar-refractivity contribution < 1.29 is 24.2 Å². The van der Waals surface area contributed by atoms with E-state index < -0.39 is 28.8 Å². The SMILES string of the molecule is Cc1cc(C)c(C(=O)C(=O)NC23C(=O)c4c(N)cccc4C2(O)Oc2cc(C(C)C)ccc23)c(C)c1. The van der Waals surface area contributed by atoms with Crippen molar-refractivity contribution in [3.63, 3.8) is 0 Å². The largest absolute Gasteiger partial charge is 0.454 e. The maximum atomic E-state index is 14.0. The quantitative estimate of drug-likeness (QED) is 0.293. The Bertz CT molecular complexity index is 1470. The second kappa shape index (κ2) is 7.77. The highest BCUT2D eigenvalue weighted by atomic mass is 16.6. The van der Waals surface area contributed by atoms with Gasteiger partial charge in [0.2, 0.25) is 11.3 Å². The minimum atomic E-state index is -2.28. The zero-order valence-electron chi connectivity index (χ0n) is 20.9. The highest BCUT2D eigenvalue weighted by molar-refractivity contribution is 6.44. The highest BCUT2D eigenvalue weighted by Crippen LogP contribution is 2.59. The number of nitrogens with one attached hydrogen (secondary N) is 1. The maximum absolute atomic E-state index is 14.0. The number of benzene rings is 3. The summed E-state index contributed by atoms with van der Waals surface area (Å²) in [6.45, 7) is 9.44. The molecule has 0 radical (unpaired) electrons. The molecule has 0 bridgehead atoms. The van der Waals surface area contributed by atoms with Gasteiger partial charge in [0.1, 0.15) is 5.75 Å². The van der Waals surface area contributed by atoms with Gasteiger partial charge in [-0.05, 0) is 55.5 Å². The molecule has 7 nitrogen and oxygen atoms in total. The van der Waals surface area contributed by atoms with E-state index in [9.17, 15) is 19.5 Å². The summed E-state index contributed by atoms with van der Waals surface area (Å²) in [6, 6.07) is 13.6. The Kier molecular flexibility index (Phi) is 5.12. The van der Waals surface area contributed by atoms with Crippen LogP contribution in [0.1, 0.15) is 73.9 Å². The van der Waals surface area contributed by atoms with Gasteiger partial charge in [-0.15, -0.1) is 0 Å². The predicted octanol–water partition coefficient (Wildman–Crippen LogP) is 3.95. The maximum Gasteiger partial charge on any atom is 0.293 e. The second-order valence-electron chi connectivity index (χ2n) is 10.1. The van der Waals surface area contributed by atoms with E-state index in [0.29, 0.717) is 11.1 Å². The minimum absolute atomic E-state index is 0.0639. The molecule has 1 amide bonds. The summed E-state index contributed by atoms with van der Waals surface area (Å²) in [4.78, 5) is 41.0. The van der Waals surface area contributed by atoms with Crippen molar-refractivity contribution in [1.82, 2.24) is 5.32 Å². The Hall–Kier alpha value is -3.97. The summed E-state index contributed by atoms with van der Waals surface area (Å²) in [5, 5.41) is 14.6. The fourth-order valence-electron chi connectivity index (χ4n) is 5.62. The Morgan fingerprint density at radius 3 is 2.31 bits per heavy atom. The molecular weight excluding hydrogens is 456 g/mol. The van der Waals surface area contributed by atoms with Gasteiger partial charge in [0.05, 0.1) is 5.56 Å². The molecule has 0 aromatic heterocycles. The molecule has 3 aromatic rings. The smallest absolute Gasteiger partial charge is 0.293 e. The average Bonchev–Trinajstić information content (AvgIpc) is 3.15. The summed E-state index contributed by atoms with van der Waals surface area (Å²) in [5.41, 5.74) is 8.14. The molecule has 184 valence electrons. The number of hydrogen-bond donors (Lipinski definition) is 3. The van der Waals surface area contributed by atoms with Crippen LogP contribution in [0.3, 0.4) is 0 Å². The van der Waals surface area contributed by atoms with Crippen molar-refractivity contribution in [3.05, 3.63) is 93.0 Å². The van der Waals surface area contributed by atoms with Gasteiger partial charge in [-0.3, -0.25) is 14.4 Å². The first-order chi connectivity index (χ1) is 16.9. The number of nitrogens with two attached hydrogens (primary N) is 1. The third-order valence-corrected chi connectivity index (χ3v) is 7.28. The molecule has 1 aliphatic carbocycles. The van der Waals surface area contributed by atoms with Crippen molar-refractivity contribution in [2.75, 3.05) is 5.73 Å². The summed E-state index contributed by atoms with van der Waals surface area (Å²) in [6.07, 6.45) is 0. The lowest BCUT2D eigenvalue weighted by molar-refractivity contribution is -0.174. The molecule has 1 heterocycles. The first kappa shape index (κ1) is 23.8. The number of ketones is 2. The molecule has 2 atom stereocenters. The topological polar surface area (TPSA) is 119 Å². The number of carbonyl (C=O) groups excluding carboxylic acids is 3. The Morgan fingerprint density at radius 1 is 1.00 bits per heavy atom. The molecule has 2 aliphatic rings. The summed E-state index contributed by atoms with van der Waals surface area (Å²) in [7, 11) is 0. The van der Waals surface area contributed by atoms with E-state index in [1.807, 2.05) is 39.0 Å². The van der Waals surface area contributed by atoms with Gasteiger partial charge in [0.25, 0.3) is 17.5 Å². The molecule has 0 saturated carbocycles. The Balaban J connectivity index is 1.68. The van der Waals surface area contributed by atoms with Crippen LogP contribution in [-0.4, -0.2) is 22.6 Å². The number of anilines is 1. The van der Waals surface area contributed by atoms with Crippen LogP contribution in [0.15, 0.2) is 48.5 Å². The zero-order valence-corrected chi connectivity index (χ0v) is 20.9. The van der Waals surface area contributed by atoms with Gasteiger partial charge in [0.15, 0.2) is 0 Å². The van der Waals surface area contributed by atoms with Gasteiger partial charge in [-0.1, -0.05) is 55.8 Å². The molecule has 7 heteroatoms. The number of aliphatic hydroxyl groups is 1. The van der Waals surface area contributed by atoms with Crippen LogP contribution in [0.25, 0.3) is 0 Å². The molecule has 1 aliphatic heterocycles. The Morgan fingerprint density at radius 2 is 1.67 bits per heavy atom. The first-order valence-corrected chi connectivity index (χ1v) is 11.9. The van der Waals surface area contributed by atoms with E-state index in [-0.39, 0.29) is 39.6 Å². The summed E-state index contributed by atoms with van der Waals surface area (Å²) >= 11 is 0. The molecule has 0 saturated heterocycles. The van der Waals surface area contributed by atoms with E-state index in [4.69, 9.17) is 10.5 Å². The highest BCUT2D eigenvalue weighted by Gasteiger charge is 2.72. The lowest BCUT2D eigenvalue weighted by Gasteiger charge is -2.34. The van der Waals surface area contributed by atoms with E-state index >= 15 is 0 Å². The monoisotopic (exact) mass is 484 g/mol. The van der Waals surface area contributed by atoms with Crippen molar-refractivity contribution in [1.29, 1.82) is 0 Å². The molecule has 4 N–H and O–H groups in total. The Labute approximate surface area is 209 Å². The van der Waals surface area contributed by atoms with E-state index in [1.165, 1.54) is 0 Å². The van der Waals surface area contributed by atoms with Crippen LogP contribution in [0.2, 0.25) is 0 Å². The van der Waals surface area contributed by atoms with Gasteiger partial charge in [-0.2, -0.15) is 0 Å². The van der Waals surface area contributed by atoms with Crippen LogP contribution in [0.4, 0.5) is 5.69 Å². The number of amides is 1. The number of Topliss-reactive ketones (excluding diaryl/α,β-unsaturated/α-hetero) is 2. The third-order valence-electron chi connectivity index (χ3n) is 7.28. The number of rotatable bonds is 4. The molecule has 36 heavy (non-hydrogen) atoms. The van der Waals surface area contributed by atoms with Crippen LogP contribution in [0, 0.1) is 20.8 Å². The third kappa shape index (κ3) is 2.99. The van der Waals surface area contributed by atoms with E-state index in [0.717, 1.165) is 11.1 Å².